The van der Waals surface area contributed by atoms with Crippen molar-refractivity contribution in [1.82, 2.24) is 14.6 Å². The van der Waals surface area contributed by atoms with Crippen molar-refractivity contribution in [3.05, 3.63) is 58.7 Å². The van der Waals surface area contributed by atoms with Gasteiger partial charge in [0, 0.05) is 18.0 Å². The molecule has 0 unspecified atom stereocenters. The molecule has 7 nitrogen and oxygen atoms in total. The van der Waals surface area contributed by atoms with E-state index >= 15 is 0 Å². The molecule has 2 aromatic carbocycles. The lowest BCUT2D eigenvalue weighted by molar-refractivity contribution is -0.120. The maximum atomic E-state index is 13.0. The van der Waals surface area contributed by atoms with Crippen molar-refractivity contribution >= 4 is 45.7 Å². The number of aromatic nitrogens is 3. The highest BCUT2D eigenvalue weighted by Gasteiger charge is 2.23. The number of ether oxygens (including phenoxy) is 1. The summed E-state index contributed by atoms with van der Waals surface area (Å²) in [5, 5.41) is 10.5. The van der Waals surface area contributed by atoms with Crippen molar-refractivity contribution in [3.63, 3.8) is 0 Å². The third kappa shape index (κ3) is 3.31. The van der Waals surface area contributed by atoms with Crippen LogP contribution < -0.4 is 9.64 Å². The molecule has 2 aromatic heterocycles. The average molecular weight is 447 g/mol. The van der Waals surface area contributed by atoms with E-state index in [2.05, 4.69) is 43.1 Å². The molecule has 0 radical (unpaired) electrons. The Hall–Kier alpha value is -3.39. The number of hydrogen-bond donors (Lipinski definition) is 0. The van der Waals surface area contributed by atoms with Crippen LogP contribution in [0.15, 0.2) is 41.6 Å². The standard InChI is InChI=1S/C24H22N4O3S/c1-13-7-15(3)23-17(8-13)14(2)9-21-25-26-24(28(21)23)32-12-19(29)16-5-6-20-18(10-16)27(4)22(30)11-31-20/h5-10H,11-12H2,1-4H3. The fraction of sp³-hybridized carbons (Fsp3) is 0.250. The summed E-state index contributed by atoms with van der Waals surface area (Å²) in [6, 6.07) is 11.5. The minimum Gasteiger partial charge on any atom is -0.482 e. The van der Waals surface area contributed by atoms with Crippen LogP contribution in [0, 0.1) is 20.8 Å². The minimum absolute atomic E-state index is 0.0129. The zero-order valence-corrected chi connectivity index (χ0v) is 19.1. The van der Waals surface area contributed by atoms with Crippen LogP contribution >= 0.6 is 11.8 Å². The van der Waals surface area contributed by atoms with E-state index in [9.17, 15) is 9.59 Å². The minimum atomic E-state index is -0.140. The van der Waals surface area contributed by atoms with E-state index in [4.69, 9.17) is 4.74 Å². The molecule has 0 atom stereocenters. The molecule has 32 heavy (non-hydrogen) atoms. The molecule has 1 aliphatic rings. The molecular weight excluding hydrogens is 424 g/mol. The Morgan fingerprint density at radius 1 is 1.09 bits per heavy atom. The molecule has 3 heterocycles. The van der Waals surface area contributed by atoms with Gasteiger partial charge in [-0.15, -0.1) is 10.2 Å². The normalized spacial score (nSPS) is 13.5. The first-order valence-corrected chi connectivity index (χ1v) is 11.3. The summed E-state index contributed by atoms with van der Waals surface area (Å²) >= 11 is 1.36. The monoisotopic (exact) mass is 446 g/mol. The summed E-state index contributed by atoms with van der Waals surface area (Å²) in [5.74, 6) is 0.620. The second-order valence-corrected chi connectivity index (χ2v) is 9.06. The average Bonchev–Trinajstić information content (AvgIpc) is 3.16. The summed E-state index contributed by atoms with van der Waals surface area (Å²) < 4.78 is 7.48. The Kier molecular flexibility index (Phi) is 4.89. The topological polar surface area (TPSA) is 76.8 Å². The van der Waals surface area contributed by atoms with Gasteiger partial charge in [0.1, 0.15) is 5.75 Å². The molecule has 4 aromatic rings. The molecule has 1 amide bonds. The SMILES string of the molecule is Cc1cc(C)c2c(c1)c(C)cc1nnc(SCC(=O)c3ccc4c(c3)N(C)C(=O)CO4)n12. The highest BCUT2D eigenvalue weighted by molar-refractivity contribution is 7.99. The van der Waals surface area contributed by atoms with Gasteiger partial charge in [-0.1, -0.05) is 23.4 Å². The maximum Gasteiger partial charge on any atom is 0.264 e. The van der Waals surface area contributed by atoms with Crippen LogP contribution in [0.2, 0.25) is 0 Å². The summed E-state index contributed by atoms with van der Waals surface area (Å²) in [4.78, 5) is 26.4. The molecule has 162 valence electrons. The van der Waals surface area contributed by atoms with Gasteiger partial charge in [0.2, 0.25) is 0 Å². The van der Waals surface area contributed by atoms with Crippen LogP contribution in [0.25, 0.3) is 16.6 Å². The quantitative estimate of drug-likeness (QED) is 0.346. The van der Waals surface area contributed by atoms with Gasteiger partial charge < -0.3 is 9.64 Å². The lowest BCUT2D eigenvalue weighted by atomic mass is 10.0. The second kappa shape index (κ2) is 7.63. The number of carbonyl (C=O) groups is 2. The van der Waals surface area contributed by atoms with Crippen LogP contribution in [-0.2, 0) is 4.79 Å². The molecule has 0 bridgehead atoms. The molecule has 1 aliphatic heterocycles. The van der Waals surface area contributed by atoms with E-state index in [1.54, 1.807) is 25.2 Å². The predicted molar refractivity (Wildman–Crippen MR) is 125 cm³/mol. The van der Waals surface area contributed by atoms with Crippen molar-refractivity contribution in [2.75, 3.05) is 24.3 Å². The van der Waals surface area contributed by atoms with Crippen LogP contribution in [0.4, 0.5) is 5.69 Å². The highest BCUT2D eigenvalue weighted by Crippen LogP contribution is 2.33. The first kappa shape index (κ1) is 20.5. The number of ketones is 1. The zero-order chi connectivity index (χ0) is 22.6. The number of anilines is 1. The third-order valence-electron chi connectivity index (χ3n) is 5.80. The largest absolute Gasteiger partial charge is 0.482 e. The number of aryl methyl sites for hydroxylation is 3. The Labute approximate surface area is 189 Å². The van der Waals surface area contributed by atoms with Gasteiger partial charge in [0.25, 0.3) is 5.91 Å². The number of pyridine rings is 1. The maximum absolute atomic E-state index is 13.0. The van der Waals surface area contributed by atoms with Gasteiger partial charge in [0.05, 0.1) is 17.0 Å². The second-order valence-electron chi connectivity index (χ2n) is 8.12. The van der Waals surface area contributed by atoms with Gasteiger partial charge in [-0.25, -0.2) is 0 Å². The van der Waals surface area contributed by atoms with Gasteiger partial charge in [-0.05, 0) is 62.2 Å². The van der Waals surface area contributed by atoms with Crippen LogP contribution in [0.1, 0.15) is 27.0 Å². The Balaban J connectivity index is 1.47. The Bertz CT molecular complexity index is 1430. The molecule has 8 heteroatoms. The molecule has 0 spiro atoms. The molecule has 0 N–H and O–H groups in total. The van der Waals surface area contributed by atoms with Crippen LogP contribution in [0.3, 0.4) is 0 Å². The summed E-state index contributed by atoms with van der Waals surface area (Å²) in [6.45, 7) is 6.26. The molecule has 0 saturated carbocycles. The van der Waals surface area contributed by atoms with Crippen molar-refractivity contribution in [2.24, 2.45) is 0 Å². The number of likely N-dealkylation sites (N-methyl/N-ethyl adjacent to an activating group) is 1. The fourth-order valence-corrected chi connectivity index (χ4v) is 5.01. The highest BCUT2D eigenvalue weighted by atomic mass is 32.2. The summed E-state index contributed by atoms with van der Waals surface area (Å²) in [6.07, 6.45) is 0. The first-order valence-electron chi connectivity index (χ1n) is 10.3. The van der Waals surface area contributed by atoms with E-state index < -0.39 is 0 Å². The number of fused-ring (bicyclic) bond motifs is 4. The summed E-state index contributed by atoms with van der Waals surface area (Å²) in [7, 11) is 1.69. The van der Waals surface area contributed by atoms with Crippen molar-refractivity contribution in [1.29, 1.82) is 0 Å². The van der Waals surface area contributed by atoms with E-state index in [1.165, 1.54) is 22.2 Å². The number of amides is 1. The number of rotatable bonds is 4. The van der Waals surface area contributed by atoms with Crippen LogP contribution in [-0.4, -0.2) is 45.7 Å². The lowest BCUT2D eigenvalue weighted by Gasteiger charge is -2.26. The summed E-state index contributed by atoms with van der Waals surface area (Å²) in [5.41, 5.74) is 6.47. The van der Waals surface area contributed by atoms with Crippen molar-refractivity contribution in [3.8, 4) is 5.75 Å². The van der Waals surface area contributed by atoms with Gasteiger partial charge in [0.15, 0.2) is 23.2 Å². The smallest absolute Gasteiger partial charge is 0.264 e. The molecule has 5 rings (SSSR count). The van der Waals surface area contributed by atoms with Crippen molar-refractivity contribution in [2.45, 2.75) is 25.9 Å². The zero-order valence-electron chi connectivity index (χ0n) is 18.3. The van der Waals surface area contributed by atoms with E-state index in [0.29, 0.717) is 22.2 Å². The third-order valence-corrected chi connectivity index (χ3v) is 6.73. The Morgan fingerprint density at radius 3 is 2.72 bits per heavy atom. The molecular formula is C24H22N4O3S. The van der Waals surface area contributed by atoms with Gasteiger partial charge in [-0.2, -0.15) is 0 Å². The number of carbonyl (C=O) groups excluding carboxylic acids is 2. The van der Waals surface area contributed by atoms with E-state index in [0.717, 1.165) is 27.7 Å². The fourth-order valence-electron chi connectivity index (χ4n) is 4.17. The number of thioether (sulfide) groups is 1. The lowest BCUT2D eigenvalue weighted by Crippen LogP contribution is -2.35. The Morgan fingerprint density at radius 2 is 1.91 bits per heavy atom. The number of nitrogens with zero attached hydrogens (tertiary/aromatic N) is 4. The number of hydrogen-bond acceptors (Lipinski definition) is 6. The van der Waals surface area contributed by atoms with Crippen molar-refractivity contribution < 1.29 is 14.3 Å². The van der Waals surface area contributed by atoms with E-state index in [1.807, 2.05) is 10.5 Å². The number of Topliss-reactive ketones (excluding diaryl/α,β-unsaturated/α-hetero) is 1. The molecule has 0 fully saturated rings. The number of benzene rings is 2. The van der Waals surface area contributed by atoms with E-state index in [-0.39, 0.29) is 24.1 Å². The predicted octanol–water partition coefficient (Wildman–Crippen LogP) is 4.14. The van der Waals surface area contributed by atoms with Gasteiger partial charge >= 0.3 is 0 Å². The first-order chi connectivity index (χ1) is 15.3. The molecule has 0 aliphatic carbocycles. The van der Waals surface area contributed by atoms with Gasteiger partial charge in [-0.3, -0.25) is 14.0 Å². The molecule has 0 saturated heterocycles. The van der Waals surface area contributed by atoms with Crippen LogP contribution in [0.5, 0.6) is 5.75 Å².